The number of thioether (sulfide) groups is 1. The predicted molar refractivity (Wildman–Crippen MR) is 96.3 cm³/mol. The van der Waals surface area contributed by atoms with Crippen LogP contribution in [-0.4, -0.2) is 24.1 Å². The number of benzene rings is 1. The van der Waals surface area contributed by atoms with Crippen molar-refractivity contribution in [2.75, 3.05) is 18.1 Å². The summed E-state index contributed by atoms with van der Waals surface area (Å²) in [7, 11) is 0. The maximum absolute atomic E-state index is 3.79. The molecule has 1 N–H and O–H groups in total. The number of hydrogen-bond acceptors (Lipinski definition) is 2. The van der Waals surface area contributed by atoms with Crippen LogP contribution >= 0.6 is 11.8 Å². The average molecular weight is 306 g/mol. The van der Waals surface area contributed by atoms with E-state index in [0.29, 0.717) is 6.04 Å². The van der Waals surface area contributed by atoms with Crippen LogP contribution in [0.15, 0.2) is 24.3 Å². The van der Waals surface area contributed by atoms with Crippen molar-refractivity contribution in [2.24, 2.45) is 5.92 Å². The molecular formula is C19H31NS. The molecule has 0 saturated carbocycles. The molecular weight excluding hydrogens is 274 g/mol. The van der Waals surface area contributed by atoms with Gasteiger partial charge in [-0.05, 0) is 73.6 Å². The van der Waals surface area contributed by atoms with E-state index < -0.39 is 0 Å². The summed E-state index contributed by atoms with van der Waals surface area (Å²) in [6.45, 7) is 5.64. The molecule has 2 heteroatoms. The summed E-state index contributed by atoms with van der Waals surface area (Å²) >= 11 is 2.13. The number of rotatable bonds is 8. The van der Waals surface area contributed by atoms with Crippen LogP contribution in [-0.2, 0) is 12.8 Å². The zero-order chi connectivity index (χ0) is 14.9. The van der Waals surface area contributed by atoms with Crippen molar-refractivity contribution in [1.82, 2.24) is 5.32 Å². The molecule has 1 aliphatic heterocycles. The minimum absolute atomic E-state index is 0.658. The molecule has 0 spiro atoms. The third kappa shape index (κ3) is 6.04. The molecule has 1 aromatic carbocycles. The molecule has 0 aliphatic carbocycles. The smallest absolute Gasteiger partial charge is 0.0110 e. The molecule has 0 bridgehead atoms. The minimum atomic E-state index is 0.658. The van der Waals surface area contributed by atoms with Crippen LogP contribution in [0.5, 0.6) is 0 Å². The Kier molecular flexibility index (Phi) is 7.66. The predicted octanol–water partition coefficient (Wildman–Crippen LogP) is 4.69. The van der Waals surface area contributed by atoms with Crippen LogP contribution in [0.3, 0.4) is 0 Å². The highest BCUT2D eigenvalue weighted by molar-refractivity contribution is 7.99. The van der Waals surface area contributed by atoms with Gasteiger partial charge in [0.2, 0.25) is 0 Å². The second kappa shape index (κ2) is 9.53. The first kappa shape index (κ1) is 16.9. The summed E-state index contributed by atoms with van der Waals surface area (Å²) < 4.78 is 0. The zero-order valence-electron chi connectivity index (χ0n) is 13.7. The molecule has 1 atom stereocenters. The van der Waals surface area contributed by atoms with Gasteiger partial charge in [-0.2, -0.15) is 11.8 Å². The lowest BCUT2D eigenvalue weighted by Crippen LogP contribution is -2.34. The Morgan fingerprint density at radius 3 is 2.38 bits per heavy atom. The Hall–Kier alpha value is -0.470. The van der Waals surface area contributed by atoms with Crippen LogP contribution in [0.1, 0.15) is 50.7 Å². The molecule has 2 rings (SSSR count). The van der Waals surface area contributed by atoms with E-state index in [0.717, 1.165) is 18.9 Å². The maximum atomic E-state index is 3.79. The molecule has 21 heavy (non-hydrogen) atoms. The zero-order valence-corrected chi connectivity index (χ0v) is 14.6. The number of hydrogen-bond donors (Lipinski definition) is 1. The first-order chi connectivity index (χ1) is 10.3. The Balaban J connectivity index is 1.90. The summed E-state index contributed by atoms with van der Waals surface area (Å²) in [5, 5.41) is 3.79. The van der Waals surface area contributed by atoms with E-state index in [2.05, 4.69) is 55.2 Å². The van der Waals surface area contributed by atoms with Gasteiger partial charge < -0.3 is 5.32 Å². The van der Waals surface area contributed by atoms with Crippen molar-refractivity contribution in [3.8, 4) is 0 Å². The fourth-order valence-electron chi connectivity index (χ4n) is 3.17. The van der Waals surface area contributed by atoms with E-state index in [1.165, 1.54) is 54.7 Å². The molecule has 118 valence electrons. The lowest BCUT2D eigenvalue weighted by Gasteiger charge is -2.27. The van der Waals surface area contributed by atoms with E-state index in [9.17, 15) is 0 Å². The molecule has 0 amide bonds. The van der Waals surface area contributed by atoms with Gasteiger partial charge in [0.05, 0.1) is 0 Å². The van der Waals surface area contributed by atoms with Gasteiger partial charge >= 0.3 is 0 Å². The molecule has 1 heterocycles. The van der Waals surface area contributed by atoms with E-state index in [1.807, 2.05) is 0 Å². The van der Waals surface area contributed by atoms with E-state index in [-0.39, 0.29) is 0 Å². The molecule has 1 aromatic rings. The van der Waals surface area contributed by atoms with Crippen LogP contribution < -0.4 is 5.32 Å². The SMILES string of the molecule is CCCNC(Cc1ccc(CC)cc1)CC1CCSCC1. The normalized spacial score (nSPS) is 17.8. The molecule has 0 aromatic heterocycles. The van der Waals surface area contributed by atoms with Crippen molar-refractivity contribution in [3.63, 3.8) is 0 Å². The van der Waals surface area contributed by atoms with E-state index in [1.54, 1.807) is 0 Å². The molecule has 1 nitrogen and oxygen atoms in total. The molecule has 1 aliphatic rings. The Morgan fingerprint density at radius 1 is 1.10 bits per heavy atom. The standard InChI is InChI=1S/C19H31NS/c1-3-11-20-19(15-18-9-12-21-13-10-18)14-17-7-5-16(4-2)6-8-17/h5-8,18-20H,3-4,9-15H2,1-2H3. The van der Waals surface area contributed by atoms with Crippen molar-refractivity contribution >= 4 is 11.8 Å². The fraction of sp³-hybridized carbons (Fsp3) is 0.684. The van der Waals surface area contributed by atoms with Crippen LogP contribution in [0.25, 0.3) is 0 Å². The first-order valence-corrected chi connectivity index (χ1v) is 9.86. The fourth-order valence-corrected chi connectivity index (χ4v) is 4.37. The van der Waals surface area contributed by atoms with Gasteiger partial charge in [0.1, 0.15) is 0 Å². The van der Waals surface area contributed by atoms with Crippen LogP contribution in [0.4, 0.5) is 0 Å². The van der Waals surface area contributed by atoms with Gasteiger partial charge in [0.15, 0.2) is 0 Å². The third-order valence-electron chi connectivity index (χ3n) is 4.56. The van der Waals surface area contributed by atoms with Crippen molar-refractivity contribution in [2.45, 2.75) is 58.4 Å². The highest BCUT2D eigenvalue weighted by atomic mass is 32.2. The Labute approximate surface area is 135 Å². The first-order valence-electron chi connectivity index (χ1n) is 8.70. The highest BCUT2D eigenvalue weighted by Crippen LogP contribution is 2.27. The van der Waals surface area contributed by atoms with Crippen molar-refractivity contribution in [3.05, 3.63) is 35.4 Å². The second-order valence-electron chi connectivity index (χ2n) is 6.32. The van der Waals surface area contributed by atoms with Crippen LogP contribution in [0.2, 0.25) is 0 Å². The van der Waals surface area contributed by atoms with Gasteiger partial charge in [-0.1, -0.05) is 38.1 Å². The summed E-state index contributed by atoms with van der Waals surface area (Å²) in [6, 6.07) is 9.91. The maximum Gasteiger partial charge on any atom is 0.0110 e. The lowest BCUT2D eigenvalue weighted by molar-refractivity contribution is 0.362. The van der Waals surface area contributed by atoms with E-state index >= 15 is 0 Å². The molecule has 1 unspecified atom stereocenters. The van der Waals surface area contributed by atoms with Gasteiger partial charge in [-0.15, -0.1) is 0 Å². The van der Waals surface area contributed by atoms with E-state index in [4.69, 9.17) is 0 Å². The van der Waals surface area contributed by atoms with Crippen molar-refractivity contribution < 1.29 is 0 Å². The number of nitrogens with one attached hydrogen (secondary N) is 1. The molecule has 0 radical (unpaired) electrons. The molecule has 1 saturated heterocycles. The van der Waals surface area contributed by atoms with Gasteiger partial charge in [-0.25, -0.2) is 0 Å². The number of aryl methyl sites for hydroxylation is 1. The second-order valence-corrected chi connectivity index (χ2v) is 7.54. The molecule has 1 fully saturated rings. The average Bonchev–Trinajstić information content (AvgIpc) is 2.54. The largest absolute Gasteiger partial charge is 0.314 e. The highest BCUT2D eigenvalue weighted by Gasteiger charge is 2.19. The summed E-state index contributed by atoms with van der Waals surface area (Å²) in [5.74, 6) is 3.68. The van der Waals surface area contributed by atoms with Crippen LogP contribution in [0, 0.1) is 5.92 Å². The lowest BCUT2D eigenvalue weighted by atomic mass is 9.91. The Bertz CT molecular complexity index is 381. The van der Waals surface area contributed by atoms with Gasteiger partial charge in [-0.3, -0.25) is 0 Å². The van der Waals surface area contributed by atoms with Gasteiger partial charge in [0.25, 0.3) is 0 Å². The van der Waals surface area contributed by atoms with Crippen molar-refractivity contribution in [1.29, 1.82) is 0 Å². The summed E-state index contributed by atoms with van der Waals surface area (Å²) in [6.07, 6.45) is 7.75. The summed E-state index contributed by atoms with van der Waals surface area (Å²) in [5.41, 5.74) is 2.94. The minimum Gasteiger partial charge on any atom is -0.314 e. The topological polar surface area (TPSA) is 12.0 Å². The van der Waals surface area contributed by atoms with Gasteiger partial charge in [0, 0.05) is 6.04 Å². The third-order valence-corrected chi connectivity index (χ3v) is 5.60. The Morgan fingerprint density at radius 2 is 1.76 bits per heavy atom. The quantitative estimate of drug-likeness (QED) is 0.747. The summed E-state index contributed by atoms with van der Waals surface area (Å²) in [4.78, 5) is 0. The monoisotopic (exact) mass is 305 g/mol.